The fourth-order valence-corrected chi connectivity index (χ4v) is 0.659. The Bertz CT molecular complexity index is 255. The number of nitrogens with one attached hydrogen (secondary N) is 1. The summed E-state index contributed by atoms with van der Waals surface area (Å²) in [5.74, 6) is 0. The molecule has 1 heterocycles. The predicted molar refractivity (Wildman–Crippen MR) is 39.2 cm³/mol. The Morgan fingerprint density at radius 1 is 1.82 bits per heavy atom. The third-order valence-corrected chi connectivity index (χ3v) is 1.12. The first-order valence-electron chi connectivity index (χ1n) is 3.41. The average molecular weight is 154 g/mol. The van der Waals surface area contributed by atoms with Gasteiger partial charge in [0.2, 0.25) is 0 Å². The van der Waals surface area contributed by atoms with Crippen LogP contribution in [-0.4, -0.2) is 27.6 Å². The normalized spacial score (nSPS) is 9.64. The van der Waals surface area contributed by atoms with Crippen molar-refractivity contribution in [2.24, 2.45) is 0 Å². The highest BCUT2D eigenvalue weighted by atomic mass is 16.2. The largest absolute Gasteiger partial charge is 0.359 e. The number of carbonyl (C=O) groups is 1. The van der Waals surface area contributed by atoms with Crippen LogP contribution in [-0.2, 0) is 0 Å². The SMILES string of the molecule is CCNC(=O)n1ncc(C)n1. The number of rotatable bonds is 1. The molecule has 0 aliphatic heterocycles. The van der Waals surface area contributed by atoms with Crippen LogP contribution in [0.4, 0.5) is 4.79 Å². The summed E-state index contributed by atoms with van der Waals surface area (Å²) in [7, 11) is 0. The zero-order chi connectivity index (χ0) is 8.27. The number of aromatic nitrogens is 3. The summed E-state index contributed by atoms with van der Waals surface area (Å²) < 4.78 is 0. The molecule has 0 aliphatic rings. The van der Waals surface area contributed by atoms with E-state index < -0.39 is 0 Å². The lowest BCUT2D eigenvalue weighted by molar-refractivity contribution is 0.236. The highest BCUT2D eigenvalue weighted by Crippen LogP contribution is 1.85. The highest BCUT2D eigenvalue weighted by molar-refractivity contribution is 5.74. The maximum absolute atomic E-state index is 11.0. The summed E-state index contributed by atoms with van der Waals surface area (Å²) in [6.45, 7) is 4.20. The quantitative estimate of drug-likeness (QED) is 0.627. The maximum atomic E-state index is 11.0. The van der Waals surface area contributed by atoms with Gasteiger partial charge in [0, 0.05) is 6.54 Å². The predicted octanol–water partition coefficient (Wildman–Crippen LogP) is 0.164. The molecule has 0 saturated heterocycles. The average Bonchev–Trinajstić information content (AvgIpc) is 2.36. The monoisotopic (exact) mass is 154 g/mol. The third-order valence-electron chi connectivity index (χ3n) is 1.12. The van der Waals surface area contributed by atoms with Gasteiger partial charge in [0.1, 0.15) is 0 Å². The Morgan fingerprint density at radius 2 is 2.55 bits per heavy atom. The van der Waals surface area contributed by atoms with E-state index in [2.05, 4.69) is 15.5 Å². The van der Waals surface area contributed by atoms with Gasteiger partial charge in [-0.15, -0.1) is 5.10 Å². The van der Waals surface area contributed by atoms with Crippen LogP contribution in [0.15, 0.2) is 6.20 Å². The van der Waals surface area contributed by atoms with Crippen molar-refractivity contribution >= 4 is 6.03 Å². The minimum Gasteiger partial charge on any atom is -0.335 e. The first-order chi connectivity index (χ1) is 5.24. The van der Waals surface area contributed by atoms with Crippen LogP contribution in [0.2, 0.25) is 0 Å². The molecular weight excluding hydrogens is 144 g/mol. The molecule has 11 heavy (non-hydrogen) atoms. The number of hydrogen-bond donors (Lipinski definition) is 1. The number of nitrogens with zero attached hydrogens (tertiary/aromatic N) is 3. The van der Waals surface area contributed by atoms with Gasteiger partial charge in [-0.3, -0.25) is 0 Å². The van der Waals surface area contributed by atoms with Crippen molar-refractivity contribution in [3.05, 3.63) is 11.9 Å². The number of carbonyl (C=O) groups excluding carboxylic acids is 1. The fraction of sp³-hybridized carbons (Fsp3) is 0.500. The lowest BCUT2D eigenvalue weighted by Crippen LogP contribution is -2.29. The van der Waals surface area contributed by atoms with E-state index in [1.54, 1.807) is 6.92 Å². The van der Waals surface area contributed by atoms with Gasteiger partial charge in [-0.25, -0.2) is 4.79 Å². The van der Waals surface area contributed by atoms with Crippen LogP contribution >= 0.6 is 0 Å². The van der Waals surface area contributed by atoms with Crippen LogP contribution in [0.3, 0.4) is 0 Å². The summed E-state index contributed by atoms with van der Waals surface area (Å²) >= 11 is 0. The Balaban J connectivity index is 2.69. The molecule has 0 radical (unpaired) electrons. The molecule has 0 spiro atoms. The molecule has 1 aromatic heterocycles. The summed E-state index contributed by atoms with van der Waals surface area (Å²) in [5.41, 5.74) is 0.733. The maximum Gasteiger partial charge on any atom is 0.359 e. The Hall–Kier alpha value is -1.39. The van der Waals surface area contributed by atoms with E-state index in [1.165, 1.54) is 6.20 Å². The third kappa shape index (κ3) is 1.76. The van der Waals surface area contributed by atoms with Crippen molar-refractivity contribution in [2.75, 3.05) is 6.54 Å². The first kappa shape index (κ1) is 7.71. The van der Waals surface area contributed by atoms with Gasteiger partial charge in [0.25, 0.3) is 0 Å². The summed E-state index contributed by atoms with van der Waals surface area (Å²) in [4.78, 5) is 12.0. The molecule has 0 bridgehead atoms. The van der Waals surface area contributed by atoms with Crippen molar-refractivity contribution in [1.29, 1.82) is 0 Å². The smallest absolute Gasteiger partial charge is 0.335 e. The van der Waals surface area contributed by atoms with Gasteiger partial charge >= 0.3 is 6.03 Å². The second-order valence-electron chi connectivity index (χ2n) is 2.11. The van der Waals surface area contributed by atoms with Crippen LogP contribution in [0, 0.1) is 6.92 Å². The van der Waals surface area contributed by atoms with E-state index in [9.17, 15) is 4.79 Å². The number of hydrogen-bond acceptors (Lipinski definition) is 3. The summed E-state index contributed by atoms with van der Waals surface area (Å²) in [6.07, 6.45) is 1.54. The van der Waals surface area contributed by atoms with Crippen molar-refractivity contribution in [2.45, 2.75) is 13.8 Å². The van der Waals surface area contributed by atoms with E-state index >= 15 is 0 Å². The Labute approximate surface area is 64.4 Å². The number of amides is 1. The summed E-state index contributed by atoms with van der Waals surface area (Å²) in [5, 5.41) is 10.1. The topological polar surface area (TPSA) is 59.8 Å². The molecule has 60 valence electrons. The lowest BCUT2D eigenvalue weighted by atomic mass is 10.6. The van der Waals surface area contributed by atoms with Gasteiger partial charge < -0.3 is 5.32 Å². The molecule has 0 atom stereocenters. The van der Waals surface area contributed by atoms with Crippen LogP contribution in [0.1, 0.15) is 12.6 Å². The van der Waals surface area contributed by atoms with E-state index in [0.717, 1.165) is 10.5 Å². The van der Waals surface area contributed by atoms with Crippen molar-refractivity contribution in [3.63, 3.8) is 0 Å². The fourth-order valence-electron chi connectivity index (χ4n) is 0.659. The molecule has 5 heteroatoms. The molecule has 5 nitrogen and oxygen atoms in total. The zero-order valence-corrected chi connectivity index (χ0v) is 6.53. The summed E-state index contributed by atoms with van der Waals surface area (Å²) in [6, 6.07) is -0.291. The Kier molecular flexibility index (Phi) is 2.20. The van der Waals surface area contributed by atoms with Gasteiger partial charge in [-0.05, 0) is 13.8 Å². The van der Waals surface area contributed by atoms with Gasteiger partial charge in [-0.2, -0.15) is 5.10 Å². The van der Waals surface area contributed by atoms with Crippen LogP contribution < -0.4 is 5.32 Å². The second-order valence-corrected chi connectivity index (χ2v) is 2.11. The molecule has 1 aromatic rings. The molecular formula is C6H10N4O. The van der Waals surface area contributed by atoms with E-state index in [4.69, 9.17) is 0 Å². The highest BCUT2D eigenvalue weighted by Gasteiger charge is 2.03. The number of aryl methyl sites for hydroxylation is 1. The van der Waals surface area contributed by atoms with Gasteiger partial charge in [0.05, 0.1) is 11.9 Å². The zero-order valence-electron chi connectivity index (χ0n) is 6.53. The molecule has 0 aliphatic carbocycles. The van der Waals surface area contributed by atoms with Gasteiger partial charge in [-0.1, -0.05) is 4.80 Å². The van der Waals surface area contributed by atoms with E-state index in [-0.39, 0.29) is 6.03 Å². The molecule has 0 aromatic carbocycles. The molecule has 0 unspecified atom stereocenters. The van der Waals surface area contributed by atoms with Crippen molar-refractivity contribution in [1.82, 2.24) is 20.3 Å². The lowest BCUT2D eigenvalue weighted by Gasteiger charge is -1.97. The van der Waals surface area contributed by atoms with Gasteiger partial charge in [0.15, 0.2) is 0 Å². The van der Waals surface area contributed by atoms with E-state index in [1.807, 2.05) is 6.92 Å². The molecule has 0 saturated carbocycles. The molecule has 0 fully saturated rings. The Morgan fingerprint density at radius 3 is 3.00 bits per heavy atom. The first-order valence-corrected chi connectivity index (χ1v) is 3.41. The molecule has 1 amide bonds. The minimum absolute atomic E-state index is 0.291. The van der Waals surface area contributed by atoms with Crippen LogP contribution in [0.25, 0.3) is 0 Å². The van der Waals surface area contributed by atoms with Crippen molar-refractivity contribution in [3.8, 4) is 0 Å². The molecule has 1 rings (SSSR count). The molecule has 1 N–H and O–H groups in total. The second kappa shape index (κ2) is 3.14. The van der Waals surface area contributed by atoms with E-state index in [0.29, 0.717) is 6.54 Å². The standard InChI is InChI=1S/C6H10N4O/c1-3-7-6(11)10-8-4-5(2)9-10/h4H,3H2,1-2H3,(H,7,11). The van der Waals surface area contributed by atoms with Crippen LogP contribution in [0.5, 0.6) is 0 Å². The minimum atomic E-state index is -0.291. The van der Waals surface area contributed by atoms with Crippen molar-refractivity contribution < 1.29 is 4.79 Å².